The van der Waals surface area contributed by atoms with E-state index < -0.39 is 19.7 Å². The van der Waals surface area contributed by atoms with Crippen molar-refractivity contribution in [3.63, 3.8) is 0 Å². The lowest BCUT2D eigenvalue weighted by Crippen LogP contribution is -2.31. The second-order valence-corrected chi connectivity index (χ2v) is 4.65. The van der Waals surface area contributed by atoms with Gasteiger partial charge in [0.15, 0.2) is 5.96 Å². The molecule has 0 saturated carbocycles. The van der Waals surface area contributed by atoms with Crippen LogP contribution in [0, 0.1) is 5.41 Å². The van der Waals surface area contributed by atoms with E-state index in [2.05, 4.69) is 0 Å². The fourth-order valence-corrected chi connectivity index (χ4v) is 1.30. The first-order valence-corrected chi connectivity index (χ1v) is 5.17. The number of carboxylic acids is 1. The van der Waals surface area contributed by atoms with Crippen LogP contribution in [0.2, 0.25) is 0 Å². The Morgan fingerprint density at radius 1 is 1.67 bits per heavy atom. The van der Waals surface area contributed by atoms with Crippen LogP contribution in [0.15, 0.2) is 0 Å². The molecule has 0 saturated heterocycles. The highest BCUT2D eigenvalue weighted by molar-refractivity contribution is 7.79. The van der Waals surface area contributed by atoms with Gasteiger partial charge in [0.05, 0.1) is 0 Å². The molecule has 0 fully saturated rings. The van der Waals surface area contributed by atoms with Crippen molar-refractivity contribution in [1.82, 2.24) is 0 Å². The summed E-state index contributed by atoms with van der Waals surface area (Å²) in [6.45, 7) is 0. The normalized spacial score (nSPS) is 13.9. The maximum absolute atomic E-state index is 10.2. The Bertz CT molecular complexity index is 184. The second-order valence-electron chi connectivity index (χ2n) is 2.37. The summed E-state index contributed by atoms with van der Waals surface area (Å²) in [5, 5.41) is 14.9. The molecule has 0 heterocycles. The Balaban J connectivity index is 3.83. The Kier molecular flexibility index (Phi) is 4.26. The van der Waals surface area contributed by atoms with E-state index in [4.69, 9.17) is 26.0 Å². The van der Waals surface area contributed by atoms with E-state index in [-0.39, 0.29) is 12.6 Å². The molecule has 1 atom stereocenters. The van der Waals surface area contributed by atoms with Crippen molar-refractivity contribution >= 4 is 19.6 Å². The van der Waals surface area contributed by atoms with E-state index in [1.54, 1.807) is 0 Å². The smallest absolute Gasteiger partial charge is 0.320 e. The van der Waals surface area contributed by atoms with E-state index in [0.717, 1.165) is 0 Å². The lowest BCUT2D eigenvalue weighted by molar-refractivity contribution is -0.138. The zero-order chi connectivity index (χ0) is 9.78. The minimum atomic E-state index is -3.32. The van der Waals surface area contributed by atoms with Crippen LogP contribution >= 0.6 is 7.72 Å². The van der Waals surface area contributed by atoms with Crippen LogP contribution in [0.3, 0.4) is 0 Å². The van der Waals surface area contributed by atoms with Crippen molar-refractivity contribution in [3.05, 3.63) is 0 Å². The van der Waals surface area contributed by atoms with Gasteiger partial charge in [0, 0.05) is 6.42 Å². The molecule has 0 aromatic heterocycles. The van der Waals surface area contributed by atoms with Crippen LogP contribution in [0.25, 0.3) is 0 Å². The molecule has 6 N–H and O–H groups in total. The number of carboxylic acid groups (broad SMARTS) is 1. The van der Waals surface area contributed by atoms with Crippen molar-refractivity contribution in [2.75, 3.05) is 6.16 Å². The van der Waals surface area contributed by atoms with E-state index in [0.29, 0.717) is 5.96 Å². The molecule has 0 radical (unpaired) electrons. The Labute approximate surface area is 70.0 Å². The lowest BCUT2D eigenvalue weighted by Gasteiger charge is -2.08. The third-order valence-electron chi connectivity index (χ3n) is 1.29. The maximum Gasteiger partial charge on any atom is 0.320 e. The van der Waals surface area contributed by atoms with Crippen molar-refractivity contribution < 1.29 is 19.7 Å². The molecular formula is C5H12N2O4P+. The third kappa shape index (κ3) is 4.35. The lowest BCUT2D eigenvalue weighted by atomic mass is 10.2. The number of carbonyl (C=O) groups is 1. The average molecular weight is 195 g/mol. The number of nitrogens with one attached hydrogen (secondary N) is 1. The first-order valence-electron chi connectivity index (χ1n) is 3.22. The molecule has 70 valence electrons. The van der Waals surface area contributed by atoms with Gasteiger partial charge in [-0.3, -0.25) is 10.2 Å². The van der Waals surface area contributed by atoms with Crippen LogP contribution in [0.5, 0.6) is 0 Å². The molecule has 0 bridgehead atoms. The van der Waals surface area contributed by atoms with Crippen molar-refractivity contribution in [3.8, 4) is 0 Å². The highest BCUT2D eigenvalue weighted by Crippen LogP contribution is 2.46. The summed E-state index contributed by atoms with van der Waals surface area (Å²) in [6.07, 6.45) is -0.185. The van der Waals surface area contributed by atoms with Gasteiger partial charge in [0.2, 0.25) is 0 Å². The molecular weight excluding hydrogens is 183 g/mol. The van der Waals surface area contributed by atoms with E-state index >= 15 is 0 Å². The van der Waals surface area contributed by atoms with Gasteiger partial charge in [-0.15, -0.1) is 0 Å². The number of hydrogen-bond acceptors (Lipinski definition) is 5. The molecule has 12 heavy (non-hydrogen) atoms. The summed E-state index contributed by atoms with van der Waals surface area (Å²) < 4.78 is 0. The standard InChI is InChI=1S/C5H11N2O4P/c6-3-12(10,11)2-1-4(7)5(8)9/h3-4,6,10-11H,1-2,7H2/p+1. The molecule has 0 aliphatic carbocycles. The predicted octanol–water partition coefficient (Wildman–Crippen LogP) is -0.772. The number of aliphatic carboxylic acids is 1. The topological polar surface area (TPSA) is 128 Å². The summed E-state index contributed by atoms with van der Waals surface area (Å²) in [4.78, 5) is 28.0. The quantitative estimate of drug-likeness (QED) is 0.290. The monoisotopic (exact) mass is 195 g/mol. The van der Waals surface area contributed by atoms with Gasteiger partial charge in [-0.1, -0.05) is 0 Å². The van der Waals surface area contributed by atoms with Crippen molar-refractivity contribution in [2.24, 2.45) is 5.73 Å². The molecule has 0 aliphatic heterocycles. The Morgan fingerprint density at radius 3 is 2.50 bits per heavy atom. The molecule has 0 aliphatic rings. The van der Waals surface area contributed by atoms with Gasteiger partial charge in [-0.25, -0.2) is 9.79 Å². The second kappa shape index (κ2) is 4.47. The van der Waals surface area contributed by atoms with Crippen LogP contribution < -0.4 is 5.73 Å². The zero-order valence-corrected chi connectivity index (χ0v) is 7.24. The highest BCUT2D eigenvalue weighted by Gasteiger charge is 2.31. The molecule has 7 heteroatoms. The van der Waals surface area contributed by atoms with Crippen LogP contribution in [0.1, 0.15) is 6.42 Å². The largest absolute Gasteiger partial charge is 0.480 e. The number of nitrogens with two attached hydrogens (primary N) is 1. The number of rotatable bonds is 5. The fourth-order valence-electron chi connectivity index (χ4n) is 0.517. The molecule has 0 spiro atoms. The zero-order valence-electron chi connectivity index (χ0n) is 6.34. The van der Waals surface area contributed by atoms with Crippen LogP contribution in [-0.4, -0.2) is 39.0 Å². The van der Waals surface area contributed by atoms with Gasteiger partial charge >= 0.3 is 13.7 Å². The molecule has 0 rings (SSSR count). The summed E-state index contributed by atoms with van der Waals surface area (Å²) in [6, 6.07) is -1.09. The van der Waals surface area contributed by atoms with Gasteiger partial charge in [0.25, 0.3) is 0 Å². The van der Waals surface area contributed by atoms with Crippen molar-refractivity contribution in [2.45, 2.75) is 12.5 Å². The molecule has 1 unspecified atom stereocenters. The summed E-state index contributed by atoms with van der Waals surface area (Å²) in [5.74, 6) is -0.637. The molecule has 0 aromatic rings. The van der Waals surface area contributed by atoms with Gasteiger partial charge in [-0.2, -0.15) is 0 Å². The fraction of sp³-hybridized carbons (Fsp3) is 0.600. The van der Waals surface area contributed by atoms with Gasteiger partial charge in [-0.05, 0) is 0 Å². The van der Waals surface area contributed by atoms with Gasteiger partial charge in [0.1, 0.15) is 12.2 Å². The number of hydrogen-bond donors (Lipinski definition) is 5. The first kappa shape index (κ1) is 11.4. The van der Waals surface area contributed by atoms with Crippen LogP contribution in [-0.2, 0) is 4.79 Å². The van der Waals surface area contributed by atoms with Crippen molar-refractivity contribution in [1.29, 1.82) is 5.41 Å². The minimum Gasteiger partial charge on any atom is -0.480 e. The Morgan fingerprint density at radius 2 is 2.17 bits per heavy atom. The van der Waals surface area contributed by atoms with Crippen LogP contribution in [0.4, 0.5) is 0 Å². The van der Waals surface area contributed by atoms with E-state index in [9.17, 15) is 4.79 Å². The summed E-state index contributed by atoms with van der Waals surface area (Å²) in [5.41, 5.74) is 5.10. The van der Waals surface area contributed by atoms with E-state index in [1.807, 2.05) is 0 Å². The first-order chi connectivity index (χ1) is 5.39. The maximum atomic E-state index is 10.2. The Hall–Kier alpha value is -0.550. The molecule has 0 amide bonds. The minimum absolute atomic E-state index is 0.0362. The molecule has 0 aromatic carbocycles. The predicted molar refractivity (Wildman–Crippen MR) is 45.2 cm³/mol. The SMILES string of the molecule is N=C[P+](O)(O)CCC(N)C(=O)O. The van der Waals surface area contributed by atoms with Gasteiger partial charge < -0.3 is 10.8 Å². The van der Waals surface area contributed by atoms with E-state index in [1.165, 1.54) is 0 Å². The average Bonchev–Trinajstić information content (AvgIpc) is 2.00. The third-order valence-corrected chi connectivity index (χ3v) is 2.62. The highest BCUT2D eigenvalue weighted by atomic mass is 31.2. The summed E-state index contributed by atoms with van der Waals surface area (Å²) in [7, 11) is -3.32. The summed E-state index contributed by atoms with van der Waals surface area (Å²) >= 11 is 0. The molecule has 6 nitrogen and oxygen atoms in total.